The van der Waals surface area contributed by atoms with E-state index in [-0.39, 0.29) is 5.91 Å². The Bertz CT molecular complexity index is 472. The first kappa shape index (κ1) is 12.5. The standard InChI is InChI=1S/C15H17NO2/c1-3-10-16(11-12-8-9-12)15(17)13-6-4-5-7-14(13)18-2/h1,4-7,12H,8-11H2,2H3. The molecule has 0 unspecified atom stereocenters. The summed E-state index contributed by atoms with van der Waals surface area (Å²) in [5, 5.41) is 0. The van der Waals surface area contributed by atoms with Crippen LogP contribution in [0, 0.1) is 18.3 Å². The van der Waals surface area contributed by atoms with Crippen LogP contribution in [0.15, 0.2) is 24.3 Å². The minimum Gasteiger partial charge on any atom is -0.496 e. The Morgan fingerprint density at radius 2 is 2.22 bits per heavy atom. The number of benzene rings is 1. The zero-order valence-corrected chi connectivity index (χ0v) is 10.6. The molecule has 1 aliphatic carbocycles. The van der Waals surface area contributed by atoms with Gasteiger partial charge < -0.3 is 9.64 Å². The van der Waals surface area contributed by atoms with Crippen molar-refractivity contribution in [3.8, 4) is 18.1 Å². The third kappa shape index (κ3) is 2.84. The lowest BCUT2D eigenvalue weighted by molar-refractivity contribution is 0.0766. The lowest BCUT2D eigenvalue weighted by Crippen LogP contribution is -2.33. The third-order valence-corrected chi connectivity index (χ3v) is 3.08. The van der Waals surface area contributed by atoms with E-state index < -0.39 is 0 Å². The summed E-state index contributed by atoms with van der Waals surface area (Å²) in [7, 11) is 1.57. The molecular weight excluding hydrogens is 226 g/mol. The van der Waals surface area contributed by atoms with Gasteiger partial charge in [-0.25, -0.2) is 0 Å². The highest BCUT2D eigenvalue weighted by atomic mass is 16.5. The number of hydrogen-bond acceptors (Lipinski definition) is 2. The number of hydrogen-bond donors (Lipinski definition) is 0. The summed E-state index contributed by atoms with van der Waals surface area (Å²) in [4.78, 5) is 14.2. The zero-order chi connectivity index (χ0) is 13.0. The largest absolute Gasteiger partial charge is 0.496 e. The van der Waals surface area contributed by atoms with Crippen LogP contribution in [0.3, 0.4) is 0 Å². The molecule has 94 valence electrons. The molecule has 1 amide bonds. The molecule has 3 heteroatoms. The summed E-state index contributed by atoms with van der Waals surface area (Å²) in [5.74, 6) is 3.73. The summed E-state index contributed by atoms with van der Waals surface area (Å²) in [6.07, 6.45) is 7.73. The van der Waals surface area contributed by atoms with Crippen LogP contribution in [0.1, 0.15) is 23.2 Å². The van der Waals surface area contributed by atoms with E-state index in [1.54, 1.807) is 24.1 Å². The van der Waals surface area contributed by atoms with E-state index in [2.05, 4.69) is 5.92 Å². The van der Waals surface area contributed by atoms with Gasteiger partial charge in [0.05, 0.1) is 19.2 Å². The molecule has 2 rings (SSSR count). The van der Waals surface area contributed by atoms with Gasteiger partial charge in [0.15, 0.2) is 0 Å². The molecule has 0 radical (unpaired) electrons. The number of para-hydroxylation sites is 1. The Hall–Kier alpha value is -1.95. The van der Waals surface area contributed by atoms with Gasteiger partial charge in [0.2, 0.25) is 0 Å². The van der Waals surface area contributed by atoms with Crippen molar-refractivity contribution >= 4 is 5.91 Å². The lowest BCUT2D eigenvalue weighted by atomic mass is 10.1. The van der Waals surface area contributed by atoms with Gasteiger partial charge in [0.1, 0.15) is 5.75 Å². The first-order valence-corrected chi connectivity index (χ1v) is 6.12. The summed E-state index contributed by atoms with van der Waals surface area (Å²) in [6, 6.07) is 7.25. The Morgan fingerprint density at radius 3 is 2.83 bits per heavy atom. The molecule has 1 aromatic rings. The van der Waals surface area contributed by atoms with Crippen LogP contribution in [-0.4, -0.2) is 31.0 Å². The molecule has 1 fully saturated rings. The normalized spacial score (nSPS) is 13.8. The molecule has 0 bridgehead atoms. The van der Waals surface area contributed by atoms with Gasteiger partial charge in [0.25, 0.3) is 5.91 Å². The van der Waals surface area contributed by atoms with Crippen molar-refractivity contribution in [1.82, 2.24) is 4.90 Å². The van der Waals surface area contributed by atoms with Crippen LogP contribution in [0.5, 0.6) is 5.75 Å². The van der Waals surface area contributed by atoms with E-state index in [1.165, 1.54) is 12.8 Å². The predicted octanol–water partition coefficient (Wildman–Crippen LogP) is 2.18. The van der Waals surface area contributed by atoms with Crippen molar-refractivity contribution in [3.05, 3.63) is 29.8 Å². The molecule has 1 aromatic carbocycles. The highest BCUT2D eigenvalue weighted by molar-refractivity contribution is 5.97. The maximum Gasteiger partial charge on any atom is 0.258 e. The monoisotopic (exact) mass is 243 g/mol. The molecule has 18 heavy (non-hydrogen) atoms. The Balaban J connectivity index is 2.18. The first-order valence-electron chi connectivity index (χ1n) is 6.12. The second-order valence-electron chi connectivity index (χ2n) is 4.53. The highest BCUT2D eigenvalue weighted by Crippen LogP contribution is 2.30. The number of carbonyl (C=O) groups excluding carboxylic acids is 1. The number of rotatable bonds is 5. The van der Waals surface area contributed by atoms with Crippen molar-refractivity contribution in [2.75, 3.05) is 20.2 Å². The second kappa shape index (κ2) is 5.59. The molecule has 0 aliphatic heterocycles. The number of methoxy groups -OCH3 is 1. The first-order chi connectivity index (χ1) is 8.76. The summed E-state index contributed by atoms with van der Waals surface area (Å²) in [6.45, 7) is 1.11. The predicted molar refractivity (Wildman–Crippen MR) is 70.5 cm³/mol. The summed E-state index contributed by atoms with van der Waals surface area (Å²) in [5.41, 5.74) is 0.580. The minimum absolute atomic E-state index is 0.0442. The van der Waals surface area contributed by atoms with Gasteiger partial charge in [0, 0.05) is 6.54 Å². The van der Waals surface area contributed by atoms with Crippen molar-refractivity contribution in [1.29, 1.82) is 0 Å². The number of terminal acetylenes is 1. The van der Waals surface area contributed by atoms with E-state index in [1.807, 2.05) is 12.1 Å². The topological polar surface area (TPSA) is 29.5 Å². The molecular formula is C15H17NO2. The van der Waals surface area contributed by atoms with E-state index in [4.69, 9.17) is 11.2 Å². The van der Waals surface area contributed by atoms with E-state index in [9.17, 15) is 4.79 Å². The molecule has 0 spiro atoms. The molecule has 0 heterocycles. The minimum atomic E-state index is -0.0442. The van der Waals surface area contributed by atoms with Gasteiger partial charge in [-0.15, -0.1) is 6.42 Å². The van der Waals surface area contributed by atoms with Gasteiger partial charge in [-0.2, -0.15) is 0 Å². The Labute approximate surface area is 108 Å². The average Bonchev–Trinajstić information content (AvgIpc) is 3.21. The fraction of sp³-hybridized carbons (Fsp3) is 0.400. The SMILES string of the molecule is C#CCN(CC1CC1)C(=O)c1ccccc1OC. The van der Waals surface area contributed by atoms with E-state index >= 15 is 0 Å². The van der Waals surface area contributed by atoms with Gasteiger partial charge in [-0.3, -0.25) is 4.79 Å². The number of carbonyl (C=O) groups is 1. The maximum absolute atomic E-state index is 12.4. The third-order valence-electron chi connectivity index (χ3n) is 3.08. The average molecular weight is 243 g/mol. The quantitative estimate of drug-likeness (QED) is 0.742. The van der Waals surface area contributed by atoms with Crippen LogP contribution in [0.2, 0.25) is 0 Å². The number of ether oxygens (including phenoxy) is 1. The smallest absolute Gasteiger partial charge is 0.258 e. The van der Waals surface area contributed by atoms with Gasteiger partial charge in [-0.1, -0.05) is 18.1 Å². The number of nitrogens with zero attached hydrogens (tertiary/aromatic N) is 1. The highest BCUT2D eigenvalue weighted by Gasteiger charge is 2.27. The van der Waals surface area contributed by atoms with E-state index in [0.29, 0.717) is 23.8 Å². The molecule has 0 saturated heterocycles. The van der Waals surface area contributed by atoms with Crippen LogP contribution >= 0.6 is 0 Å². The van der Waals surface area contributed by atoms with Crippen LogP contribution in [-0.2, 0) is 0 Å². The number of amides is 1. The second-order valence-corrected chi connectivity index (χ2v) is 4.53. The molecule has 1 aliphatic rings. The molecule has 0 atom stereocenters. The van der Waals surface area contributed by atoms with Crippen LogP contribution in [0.4, 0.5) is 0 Å². The fourth-order valence-electron chi connectivity index (χ4n) is 1.93. The summed E-state index contributed by atoms with van der Waals surface area (Å²) < 4.78 is 5.22. The molecule has 0 aromatic heterocycles. The van der Waals surface area contributed by atoms with Crippen LogP contribution in [0.25, 0.3) is 0 Å². The van der Waals surface area contributed by atoms with Gasteiger partial charge in [-0.05, 0) is 30.9 Å². The molecule has 1 saturated carbocycles. The maximum atomic E-state index is 12.4. The molecule has 0 N–H and O–H groups in total. The van der Waals surface area contributed by atoms with Gasteiger partial charge >= 0.3 is 0 Å². The molecule has 3 nitrogen and oxygen atoms in total. The Kier molecular flexibility index (Phi) is 3.88. The van der Waals surface area contributed by atoms with Crippen molar-refractivity contribution in [2.24, 2.45) is 5.92 Å². The van der Waals surface area contributed by atoms with Crippen LogP contribution < -0.4 is 4.74 Å². The summed E-state index contributed by atoms with van der Waals surface area (Å²) >= 11 is 0. The van der Waals surface area contributed by atoms with E-state index in [0.717, 1.165) is 6.54 Å². The lowest BCUT2D eigenvalue weighted by Gasteiger charge is -2.21. The van der Waals surface area contributed by atoms with Crippen molar-refractivity contribution in [2.45, 2.75) is 12.8 Å². The van der Waals surface area contributed by atoms with Crippen molar-refractivity contribution in [3.63, 3.8) is 0 Å². The fourth-order valence-corrected chi connectivity index (χ4v) is 1.93. The Morgan fingerprint density at radius 1 is 1.50 bits per heavy atom. The van der Waals surface area contributed by atoms with Crippen molar-refractivity contribution < 1.29 is 9.53 Å². The zero-order valence-electron chi connectivity index (χ0n) is 10.6.